The van der Waals surface area contributed by atoms with Crippen molar-refractivity contribution >= 4 is 22.5 Å². The second kappa shape index (κ2) is 2.79. The van der Waals surface area contributed by atoms with Gasteiger partial charge in [0.1, 0.15) is 0 Å². The van der Waals surface area contributed by atoms with Gasteiger partial charge < -0.3 is 0 Å². The largest absolute Gasteiger partial charge is 0.264 e. The van der Waals surface area contributed by atoms with Crippen molar-refractivity contribution in [1.29, 1.82) is 0 Å². The molecule has 2 aromatic rings. The van der Waals surface area contributed by atoms with E-state index in [2.05, 4.69) is 12.0 Å². The summed E-state index contributed by atoms with van der Waals surface area (Å²) in [6.45, 7) is 2.91. The smallest absolute Gasteiger partial charge is 0.158 e. The van der Waals surface area contributed by atoms with E-state index < -0.39 is 0 Å². The third-order valence-electron chi connectivity index (χ3n) is 1.91. The zero-order chi connectivity index (χ0) is 8.55. The molecule has 0 radical (unpaired) electrons. The Morgan fingerprint density at radius 2 is 2.17 bits per heavy atom. The van der Waals surface area contributed by atoms with Gasteiger partial charge in [-0.3, -0.25) is 4.68 Å². The molecule has 1 aromatic heterocycles. The van der Waals surface area contributed by atoms with Crippen molar-refractivity contribution in [2.75, 3.05) is 0 Å². The summed E-state index contributed by atoms with van der Waals surface area (Å²) in [7, 11) is 0. The average Bonchev–Trinajstić information content (AvgIpc) is 2.44. The lowest BCUT2D eigenvalue weighted by atomic mass is 10.2. The van der Waals surface area contributed by atoms with Crippen molar-refractivity contribution in [3.05, 3.63) is 29.4 Å². The Hall–Kier alpha value is -1.02. The van der Waals surface area contributed by atoms with Gasteiger partial charge in [0, 0.05) is 11.9 Å². The van der Waals surface area contributed by atoms with Crippen LogP contribution in [-0.4, -0.2) is 9.78 Å². The number of aryl methyl sites for hydroxylation is 1. The number of benzene rings is 1. The van der Waals surface area contributed by atoms with Crippen LogP contribution in [0, 0.1) is 0 Å². The van der Waals surface area contributed by atoms with Gasteiger partial charge in [0.15, 0.2) is 5.15 Å². The first-order chi connectivity index (χ1) is 5.83. The quantitative estimate of drug-likeness (QED) is 0.660. The number of aromatic nitrogens is 2. The highest BCUT2D eigenvalue weighted by molar-refractivity contribution is 6.34. The van der Waals surface area contributed by atoms with Gasteiger partial charge in [0.25, 0.3) is 0 Å². The van der Waals surface area contributed by atoms with Crippen LogP contribution >= 0.6 is 11.6 Å². The fourth-order valence-corrected chi connectivity index (χ4v) is 1.58. The van der Waals surface area contributed by atoms with E-state index in [0.29, 0.717) is 5.15 Å². The maximum atomic E-state index is 5.92. The second-order valence-electron chi connectivity index (χ2n) is 2.62. The van der Waals surface area contributed by atoms with E-state index in [9.17, 15) is 0 Å². The zero-order valence-electron chi connectivity index (χ0n) is 6.79. The normalized spacial score (nSPS) is 10.8. The van der Waals surface area contributed by atoms with Crippen molar-refractivity contribution in [2.45, 2.75) is 13.5 Å². The van der Waals surface area contributed by atoms with E-state index in [-0.39, 0.29) is 0 Å². The summed E-state index contributed by atoms with van der Waals surface area (Å²) in [4.78, 5) is 0. The lowest BCUT2D eigenvalue weighted by Crippen LogP contribution is -1.94. The molecule has 0 N–H and O–H groups in total. The Kier molecular flexibility index (Phi) is 1.77. The van der Waals surface area contributed by atoms with Gasteiger partial charge in [-0.25, -0.2) is 0 Å². The van der Waals surface area contributed by atoms with Crippen LogP contribution in [0.3, 0.4) is 0 Å². The van der Waals surface area contributed by atoms with Crippen LogP contribution in [0.5, 0.6) is 0 Å². The monoisotopic (exact) mass is 180 g/mol. The first-order valence-electron chi connectivity index (χ1n) is 3.94. The molecule has 0 unspecified atom stereocenters. The van der Waals surface area contributed by atoms with Crippen molar-refractivity contribution in [1.82, 2.24) is 9.78 Å². The Balaban J connectivity index is 2.82. The number of para-hydroxylation sites is 1. The molecule has 62 valence electrons. The molecule has 2 nitrogen and oxygen atoms in total. The number of hydrogen-bond donors (Lipinski definition) is 0. The Morgan fingerprint density at radius 3 is 2.92 bits per heavy atom. The topological polar surface area (TPSA) is 17.8 Å². The Bertz CT molecular complexity index is 406. The fraction of sp³-hybridized carbons (Fsp3) is 0.222. The van der Waals surface area contributed by atoms with Crippen LogP contribution in [-0.2, 0) is 6.54 Å². The molecule has 0 saturated heterocycles. The molecular formula is C9H9ClN2. The molecule has 0 atom stereocenters. The van der Waals surface area contributed by atoms with E-state index in [1.165, 1.54) is 0 Å². The number of fused-ring (bicyclic) bond motifs is 1. The standard InChI is InChI=1S/C9H9ClN2/c1-2-12-8-6-4-3-5-7(8)9(10)11-12/h3-6H,2H2,1H3. The van der Waals surface area contributed by atoms with Crippen LogP contribution in [0.25, 0.3) is 10.9 Å². The van der Waals surface area contributed by atoms with Crippen molar-refractivity contribution in [3.8, 4) is 0 Å². The summed E-state index contributed by atoms with van der Waals surface area (Å²) >= 11 is 5.92. The van der Waals surface area contributed by atoms with Crippen LogP contribution in [0.15, 0.2) is 24.3 Å². The molecule has 0 aliphatic carbocycles. The third-order valence-corrected chi connectivity index (χ3v) is 2.19. The maximum Gasteiger partial charge on any atom is 0.158 e. The summed E-state index contributed by atoms with van der Waals surface area (Å²) < 4.78 is 1.90. The lowest BCUT2D eigenvalue weighted by molar-refractivity contribution is 0.684. The molecule has 1 heterocycles. The molecule has 1 aromatic carbocycles. The van der Waals surface area contributed by atoms with Gasteiger partial charge in [0.05, 0.1) is 5.52 Å². The van der Waals surface area contributed by atoms with E-state index in [0.717, 1.165) is 17.4 Å². The molecule has 0 saturated carbocycles. The van der Waals surface area contributed by atoms with Crippen LogP contribution < -0.4 is 0 Å². The van der Waals surface area contributed by atoms with Gasteiger partial charge in [-0.15, -0.1) is 0 Å². The number of rotatable bonds is 1. The summed E-state index contributed by atoms with van der Waals surface area (Å²) in [6, 6.07) is 7.97. The Morgan fingerprint density at radius 1 is 1.42 bits per heavy atom. The van der Waals surface area contributed by atoms with Gasteiger partial charge in [0.2, 0.25) is 0 Å². The van der Waals surface area contributed by atoms with Gasteiger partial charge in [-0.05, 0) is 19.1 Å². The van der Waals surface area contributed by atoms with Crippen LogP contribution in [0.1, 0.15) is 6.92 Å². The second-order valence-corrected chi connectivity index (χ2v) is 2.98. The minimum absolute atomic E-state index is 0.590. The zero-order valence-corrected chi connectivity index (χ0v) is 7.54. The average molecular weight is 181 g/mol. The van der Waals surface area contributed by atoms with Crippen molar-refractivity contribution in [3.63, 3.8) is 0 Å². The Labute approximate surface area is 75.8 Å². The highest BCUT2D eigenvalue weighted by Crippen LogP contribution is 2.21. The summed E-state index contributed by atoms with van der Waals surface area (Å²) in [5.74, 6) is 0. The van der Waals surface area contributed by atoms with Gasteiger partial charge >= 0.3 is 0 Å². The van der Waals surface area contributed by atoms with Gasteiger partial charge in [-0.2, -0.15) is 5.10 Å². The molecule has 3 heteroatoms. The van der Waals surface area contributed by atoms with E-state index in [1.54, 1.807) is 0 Å². The molecule has 12 heavy (non-hydrogen) atoms. The minimum Gasteiger partial charge on any atom is -0.264 e. The molecule has 0 fully saturated rings. The number of nitrogens with zero attached hydrogens (tertiary/aromatic N) is 2. The molecule has 0 aliphatic rings. The highest BCUT2D eigenvalue weighted by atomic mass is 35.5. The van der Waals surface area contributed by atoms with Crippen molar-refractivity contribution in [2.24, 2.45) is 0 Å². The first-order valence-corrected chi connectivity index (χ1v) is 4.31. The van der Waals surface area contributed by atoms with E-state index >= 15 is 0 Å². The molecule has 0 aliphatic heterocycles. The molecule has 0 amide bonds. The predicted molar refractivity (Wildman–Crippen MR) is 50.4 cm³/mol. The molecule has 0 spiro atoms. The lowest BCUT2D eigenvalue weighted by Gasteiger charge is -1.95. The number of halogens is 1. The maximum absolute atomic E-state index is 5.92. The minimum atomic E-state index is 0.590. The summed E-state index contributed by atoms with van der Waals surface area (Å²) in [5, 5.41) is 5.81. The third kappa shape index (κ3) is 0.994. The van der Waals surface area contributed by atoms with Crippen LogP contribution in [0.2, 0.25) is 5.15 Å². The number of hydrogen-bond acceptors (Lipinski definition) is 1. The van der Waals surface area contributed by atoms with E-state index in [4.69, 9.17) is 11.6 Å². The first kappa shape index (κ1) is 7.62. The summed E-state index contributed by atoms with van der Waals surface area (Å²) in [5.41, 5.74) is 1.10. The molecule has 0 bridgehead atoms. The van der Waals surface area contributed by atoms with E-state index in [1.807, 2.05) is 28.9 Å². The fourth-order valence-electron chi connectivity index (χ4n) is 1.33. The van der Waals surface area contributed by atoms with Gasteiger partial charge in [-0.1, -0.05) is 23.7 Å². The van der Waals surface area contributed by atoms with Crippen LogP contribution in [0.4, 0.5) is 0 Å². The predicted octanol–water partition coefficient (Wildman–Crippen LogP) is 2.71. The highest BCUT2D eigenvalue weighted by Gasteiger charge is 2.04. The molecular weight excluding hydrogens is 172 g/mol. The summed E-state index contributed by atoms with van der Waals surface area (Å²) in [6.07, 6.45) is 0. The molecule has 2 rings (SSSR count). The SMILES string of the molecule is CCn1nc(Cl)c2ccccc21. The van der Waals surface area contributed by atoms with Crippen molar-refractivity contribution < 1.29 is 0 Å².